The molecule has 1 fully saturated rings. The Morgan fingerprint density at radius 3 is 2.82 bits per heavy atom. The molecule has 17 heavy (non-hydrogen) atoms. The van der Waals surface area contributed by atoms with E-state index in [0.29, 0.717) is 17.7 Å². The quantitative estimate of drug-likeness (QED) is 0.918. The van der Waals surface area contributed by atoms with E-state index < -0.39 is 5.97 Å². The molecular weight excluding hydrogens is 282 g/mol. The Hall–Kier alpha value is -0.770. The van der Waals surface area contributed by atoms with E-state index in [9.17, 15) is 9.90 Å². The normalized spacial score (nSPS) is 28.5. The minimum atomic E-state index is -0.845. The highest BCUT2D eigenvalue weighted by Crippen LogP contribution is 2.42. The number of aromatic carboxylic acids is 1. The van der Waals surface area contributed by atoms with Gasteiger partial charge in [-0.15, -0.1) is 0 Å². The minimum absolute atomic E-state index is 0.331. The number of nitrogens with zero attached hydrogens (tertiary/aromatic N) is 1. The fourth-order valence-electron chi connectivity index (χ4n) is 3.08. The second-order valence-electron chi connectivity index (χ2n) is 4.93. The summed E-state index contributed by atoms with van der Waals surface area (Å²) in [6.07, 6.45) is 5.38. The van der Waals surface area contributed by atoms with E-state index in [1.165, 1.54) is 12.8 Å². The average molecular weight is 300 g/mol. The Kier molecular flexibility index (Phi) is 3.61. The molecule has 2 rings (SSSR count). The van der Waals surface area contributed by atoms with Gasteiger partial charge in [0, 0.05) is 16.7 Å². The molecule has 0 radical (unpaired) electrons. The molecule has 1 aliphatic carbocycles. The summed E-state index contributed by atoms with van der Waals surface area (Å²) in [5, 5.41) is 9.21. The number of aromatic nitrogens is 1. The van der Waals surface area contributed by atoms with Gasteiger partial charge in [-0.2, -0.15) is 0 Å². The Bertz CT molecular complexity index is 427. The lowest BCUT2D eigenvalue weighted by Gasteiger charge is -2.22. The lowest BCUT2D eigenvalue weighted by molar-refractivity contribution is 0.0681. The van der Waals surface area contributed by atoms with Crippen LogP contribution in [0.15, 0.2) is 16.7 Å². The van der Waals surface area contributed by atoms with Crippen molar-refractivity contribution < 1.29 is 9.90 Å². The summed E-state index contributed by atoms with van der Waals surface area (Å²) in [6, 6.07) is 2.02. The number of carboxylic acids is 1. The van der Waals surface area contributed by atoms with E-state index in [1.807, 2.05) is 10.8 Å². The lowest BCUT2D eigenvalue weighted by atomic mass is 9.93. The zero-order chi connectivity index (χ0) is 12.6. The van der Waals surface area contributed by atoms with Crippen molar-refractivity contribution in [1.29, 1.82) is 0 Å². The summed E-state index contributed by atoms with van der Waals surface area (Å²) in [5.74, 6) is 0.433. The van der Waals surface area contributed by atoms with Gasteiger partial charge in [0.25, 0.3) is 0 Å². The van der Waals surface area contributed by atoms with E-state index in [4.69, 9.17) is 0 Å². The highest BCUT2D eigenvalue weighted by molar-refractivity contribution is 9.10. The molecule has 0 bridgehead atoms. The molecule has 0 aromatic carbocycles. The summed E-state index contributed by atoms with van der Waals surface area (Å²) in [5.41, 5.74) is 0.394. The minimum Gasteiger partial charge on any atom is -0.477 e. The second-order valence-corrected chi connectivity index (χ2v) is 5.84. The van der Waals surface area contributed by atoms with Gasteiger partial charge in [0.15, 0.2) is 0 Å². The third kappa shape index (κ3) is 2.28. The van der Waals surface area contributed by atoms with Crippen LogP contribution in [0.1, 0.15) is 49.6 Å². The topological polar surface area (TPSA) is 42.2 Å². The zero-order valence-electron chi connectivity index (χ0n) is 10.2. The maximum absolute atomic E-state index is 11.2. The van der Waals surface area contributed by atoms with Gasteiger partial charge in [0.2, 0.25) is 0 Å². The molecule has 4 heteroatoms. The SMILES string of the molecule is CCC1CCC(n2cc(Br)cc2C(=O)O)C1C. The van der Waals surface area contributed by atoms with Gasteiger partial charge in [-0.1, -0.05) is 20.3 Å². The third-order valence-electron chi connectivity index (χ3n) is 4.10. The molecule has 0 aliphatic heterocycles. The van der Waals surface area contributed by atoms with E-state index in [0.717, 1.165) is 16.8 Å². The zero-order valence-corrected chi connectivity index (χ0v) is 11.8. The smallest absolute Gasteiger partial charge is 0.352 e. The molecule has 3 unspecified atom stereocenters. The van der Waals surface area contributed by atoms with Crippen molar-refractivity contribution >= 4 is 21.9 Å². The number of carboxylic acid groups (broad SMARTS) is 1. The van der Waals surface area contributed by atoms with Crippen LogP contribution in [0.5, 0.6) is 0 Å². The van der Waals surface area contributed by atoms with E-state index in [2.05, 4.69) is 29.8 Å². The van der Waals surface area contributed by atoms with E-state index in [1.54, 1.807) is 6.07 Å². The molecular formula is C13H18BrNO2. The van der Waals surface area contributed by atoms with Crippen LogP contribution < -0.4 is 0 Å². The number of hydrogen-bond acceptors (Lipinski definition) is 1. The van der Waals surface area contributed by atoms with Crippen LogP contribution >= 0.6 is 15.9 Å². The molecule has 0 spiro atoms. The van der Waals surface area contributed by atoms with Gasteiger partial charge in [-0.3, -0.25) is 0 Å². The summed E-state index contributed by atoms with van der Waals surface area (Å²) in [4.78, 5) is 11.2. The monoisotopic (exact) mass is 299 g/mol. The first-order chi connectivity index (χ1) is 8.04. The average Bonchev–Trinajstić information content (AvgIpc) is 2.81. The van der Waals surface area contributed by atoms with Crippen LogP contribution in [0.2, 0.25) is 0 Å². The first-order valence-corrected chi connectivity index (χ1v) is 6.94. The standard InChI is InChI=1S/C13H18BrNO2/c1-3-9-4-5-11(8(9)2)15-7-10(14)6-12(15)13(16)17/h6-9,11H,3-5H2,1-2H3,(H,16,17). The maximum atomic E-state index is 11.2. The fraction of sp³-hybridized carbons (Fsp3) is 0.615. The van der Waals surface area contributed by atoms with Gasteiger partial charge < -0.3 is 9.67 Å². The van der Waals surface area contributed by atoms with Crippen molar-refractivity contribution in [1.82, 2.24) is 4.57 Å². The highest BCUT2D eigenvalue weighted by atomic mass is 79.9. The summed E-state index contributed by atoms with van der Waals surface area (Å²) < 4.78 is 2.79. The van der Waals surface area contributed by atoms with Gasteiger partial charge in [-0.05, 0) is 46.7 Å². The van der Waals surface area contributed by atoms with Gasteiger partial charge in [0.05, 0.1) is 0 Å². The van der Waals surface area contributed by atoms with Crippen LogP contribution in [0.3, 0.4) is 0 Å². The molecule has 94 valence electrons. The molecule has 1 aromatic heterocycles. The molecule has 3 nitrogen and oxygen atoms in total. The maximum Gasteiger partial charge on any atom is 0.352 e. The molecule has 3 atom stereocenters. The van der Waals surface area contributed by atoms with Crippen molar-refractivity contribution in [3.05, 3.63) is 22.4 Å². The first-order valence-electron chi connectivity index (χ1n) is 6.15. The Morgan fingerprint density at radius 1 is 1.59 bits per heavy atom. The predicted molar refractivity (Wildman–Crippen MR) is 70.3 cm³/mol. The molecule has 1 heterocycles. The Balaban J connectivity index is 2.32. The summed E-state index contributed by atoms with van der Waals surface area (Å²) in [7, 11) is 0. The van der Waals surface area contributed by atoms with Crippen molar-refractivity contribution in [2.75, 3.05) is 0 Å². The van der Waals surface area contributed by atoms with Crippen LogP contribution in [-0.4, -0.2) is 15.6 Å². The van der Waals surface area contributed by atoms with Gasteiger partial charge in [0.1, 0.15) is 5.69 Å². The Morgan fingerprint density at radius 2 is 2.29 bits per heavy atom. The first kappa shape index (κ1) is 12.7. The van der Waals surface area contributed by atoms with E-state index in [-0.39, 0.29) is 0 Å². The number of halogens is 1. The number of carbonyl (C=O) groups is 1. The molecule has 1 saturated carbocycles. The summed E-state index contributed by atoms with van der Waals surface area (Å²) in [6.45, 7) is 4.46. The van der Waals surface area contributed by atoms with Crippen LogP contribution in [0.25, 0.3) is 0 Å². The van der Waals surface area contributed by atoms with Crippen molar-refractivity contribution in [3.8, 4) is 0 Å². The Labute approximate surface area is 110 Å². The molecule has 1 N–H and O–H groups in total. The molecule has 1 aromatic rings. The largest absolute Gasteiger partial charge is 0.477 e. The van der Waals surface area contributed by atoms with Crippen LogP contribution in [-0.2, 0) is 0 Å². The molecule has 0 amide bonds. The number of rotatable bonds is 3. The van der Waals surface area contributed by atoms with Crippen LogP contribution in [0.4, 0.5) is 0 Å². The highest BCUT2D eigenvalue weighted by Gasteiger charge is 2.34. The summed E-state index contributed by atoms with van der Waals surface area (Å²) >= 11 is 3.37. The molecule has 0 saturated heterocycles. The van der Waals surface area contributed by atoms with Crippen molar-refractivity contribution in [2.24, 2.45) is 11.8 Å². The van der Waals surface area contributed by atoms with Gasteiger partial charge in [-0.25, -0.2) is 4.79 Å². The predicted octanol–water partition coefficient (Wildman–Crippen LogP) is 3.95. The van der Waals surface area contributed by atoms with Gasteiger partial charge >= 0.3 is 5.97 Å². The lowest BCUT2D eigenvalue weighted by Crippen LogP contribution is -2.18. The third-order valence-corrected chi connectivity index (χ3v) is 4.53. The molecule has 1 aliphatic rings. The second kappa shape index (κ2) is 4.84. The van der Waals surface area contributed by atoms with E-state index >= 15 is 0 Å². The van der Waals surface area contributed by atoms with Crippen molar-refractivity contribution in [2.45, 2.75) is 39.2 Å². The number of hydrogen-bond donors (Lipinski definition) is 1. The van der Waals surface area contributed by atoms with Crippen LogP contribution in [0, 0.1) is 11.8 Å². The fourth-order valence-corrected chi connectivity index (χ4v) is 3.52. The van der Waals surface area contributed by atoms with Crippen molar-refractivity contribution in [3.63, 3.8) is 0 Å².